The average Bonchev–Trinajstić information content (AvgIpc) is 2.41. The predicted octanol–water partition coefficient (Wildman–Crippen LogP) is 1.78. The third kappa shape index (κ3) is 2.47. The number of benzene rings is 1. The van der Waals surface area contributed by atoms with Gasteiger partial charge in [0.25, 0.3) is 0 Å². The number of rotatable bonds is 4. The van der Waals surface area contributed by atoms with Gasteiger partial charge in [-0.25, -0.2) is 9.82 Å². The third-order valence-electron chi connectivity index (χ3n) is 2.69. The molecule has 1 atom stereocenters. The smallest absolute Gasteiger partial charge is 0.124 e. The molecular weight excluding hydrogens is 233 g/mol. The molecule has 0 fully saturated rings. The van der Waals surface area contributed by atoms with E-state index in [2.05, 4.69) is 10.4 Å². The number of nitrogens with two attached hydrogens (primary N) is 1. The van der Waals surface area contributed by atoms with E-state index >= 15 is 0 Å². The van der Waals surface area contributed by atoms with Gasteiger partial charge in [0.2, 0.25) is 0 Å². The third-order valence-corrected chi connectivity index (χ3v) is 2.69. The highest BCUT2D eigenvalue weighted by molar-refractivity contribution is 5.41. The van der Waals surface area contributed by atoms with Gasteiger partial charge in [-0.2, -0.15) is 0 Å². The number of pyridine rings is 1. The molecule has 4 nitrogen and oxygen atoms in total. The van der Waals surface area contributed by atoms with Crippen LogP contribution in [0.1, 0.15) is 17.2 Å². The average molecular weight is 247 g/mol. The number of nitrogens with one attached hydrogen (secondary N) is 1. The summed E-state index contributed by atoms with van der Waals surface area (Å²) < 4.78 is 18.6. The van der Waals surface area contributed by atoms with Gasteiger partial charge in [-0.1, -0.05) is 6.07 Å². The fraction of sp³-hybridized carbons (Fsp3) is 0.154. The molecule has 2 rings (SSSR count). The standard InChI is InChI=1S/C13H14FN3O/c1-18-12-5-4-10(14)7-11(12)13(17-15)9-3-2-6-16-8-9/h2-8,13,17H,15H2,1H3. The van der Waals surface area contributed by atoms with E-state index in [1.54, 1.807) is 24.5 Å². The van der Waals surface area contributed by atoms with Crippen molar-refractivity contribution in [1.29, 1.82) is 0 Å². The molecule has 5 heteroatoms. The van der Waals surface area contributed by atoms with Crippen LogP contribution in [0, 0.1) is 5.82 Å². The molecule has 0 spiro atoms. The summed E-state index contributed by atoms with van der Waals surface area (Å²) in [5, 5.41) is 0. The molecule has 18 heavy (non-hydrogen) atoms. The zero-order valence-corrected chi connectivity index (χ0v) is 9.93. The second-order valence-electron chi connectivity index (χ2n) is 3.77. The summed E-state index contributed by atoms with van der Waals surface area (Å²) in [5.41, 5.74) is 4.12. The van der Waals surface area contributed by atoms with Crippen molar-refractivity contribution in [2.45, 2.75) is 6.04 Å². The number of nitrogens with zero attached hydrogens (tertiary/aromatic N) is 1. The number of aromatic nitrogens is 1. The summed E-state index contributed by atoms with van der Waals surface area (Å²) >= 11 is 0. The first-order valence-corrected chi connectivity index (χ1v) is 5.45. The van der Waals surface area contributed by atoms with Crippen LogP contribution in [0.25, 0.3) is 0 Å². The molecule has 94 valence electrons. The van der Waals surface area contributed by atoms with Crippen LogP contribution in [-0.4, -0.2) is 12.1 Å². The van der Waals surface area contributed by atoms with Gasteiger partial charge in [-0.05, 0) is 29.8 Å². The normalized spacial score (nSPS) is 12.2. The molecule has 2 aromatic rings. The minimum absolute atomic E-state index is 0.338. The molecule has 0 saturated heterocycles. The number of ether oxygens (including phenoxy) is 1. The Morgan fingerprint density at radius 1 is 1.39 bits per heavy atom. The van der Waals surface area contributed by atoms with Crippen molar-refractivity contribution >= 4 is 0 Å². The Labute approximate surface area is 105 Å². The SMILES string of the molecule is COc1ccc(F)cc1C(NN)c1cccnc1. The van der Waals surface area contributed by atoms with Crippen molar-refractivity contribution in [1.82, 2.24) is 10.4 Å². The van der Waals surface area contributed by atoms with Crippen LogP contribution in [0.3, 0.4) is 0 Å². The molecule has 3 N–H and O–H groups in total. The lowest BCUT2D eigenvalue weighted by atomic mass is 10.00. The molecular formula is C13H14FN3O. The fourth-order valence-corrected chi connectivity index (χ4v) is 1.84. The van der Waals surface area contributed by atoms with E-state index in [1.807, 2.05) is 6.07 Å². The minimum Gasteiger partial charge on any atom is -0.496 e. The molecule has 0 aliphatic carbocycles. The molecule has 1 aromatic carbocycles. The Kier molecular flexibility index (Phi) is 3.86. The maximum absolute atomic E-state index is 13.4. The van der Waals surface area contributed by atoms with Gasteiger partial charge in [0.15, 0.2) is 0 Å². The highest BCUT2D eigenvalue weighted by atomic mass is 19.1. The van der Waals surface area contributed by atoms with Crippen LogP contribution in [-0.2, 0) is 0 Å². The van der Waals surface area contributed by atoms with Gasteiger partial charge in [0, 0.05) is 18.0 Å². The van der Waals surface area contributed by atoms with E-state index in [1.165, 1.54) is 19.2 Å². The lowest BCUT2D eigenvalue weighted by Crippen LogP contribution is -2.29. The number of halogens is 1. The molecule has 0 radical (unpaired) electrons. The summed E-state index contributed by atoms with van der Waals surface area (Å²) in [6.45, 7) is 0. The van der Waals surface area contributed by atoms with Gasteiger partial charge in [-0.3, -0.25) is 10.8 Å². The van der Waals surface area contributed by atoms with Gasteiger partial charge in [0.05, 0.1) is 13.2 Å². The van der Waals surface area contributed by atoms with E-state index in [4.69, 9.17) is 10.6 Å². The maximum atomic E-state index is 13.4. The Balaban J connectivity index is 2.48. The molecule has 0 aliphatic rings. The van der Waals surface area contributed by atoms with E-state index < -0.39 is 0 Å². The van der Waals surface area contributed by atoms with Crippen LogP contribution in [0.2, 0.25) is 0 Å². The number of methoxy groups -OCH3 is 1. The zero-order valence-electron chi connectivity index (χ0n) is 9.93. The van der Waals surface area contributed by atoms with Crippen molar-refractivity contribution < 1.29 is 9.13 Å². The Hall–Kier alpha value is -1.98. The van der Waals surface area contributed by atoms with E-state index in [0.29, 0.717) is 11.3 Å². The number of hydrogen-bond acceptors (Lipinski definition) is 4. The predicted molar refractivity (Wildman–Crippen MR) is 66.4 cm³/mol. The summed E-state index contributed by atoms with van der Waals surface area (Å²) in [4.78, 5) is 4.03. The van der Waals surface area contributed by atoms with E-state index in [0.717, 1.165) is 5.56 Å². The van der Waals surface area contributed by atoms with Crippen LogP contribution < -0.4 is 16.0 Å². The quantitative estimate of drug-likeness (QED) is 0.638. The Morgan fingerprint density at radius 2 is 2.22 bits per heavy atom. The summed E-state index contributed by atoms with van der Waals surface area (Å²) in [6, 6.07) is 7.61. The van der Waals surface area contributed by atoms with Crippen molar-refractivity contribution in [2.24, 2.45) is 5.84 Å². The van der Waals surface area contributed by atoms with Crippen LogP contribution in [0.4, 0.5) is 4.39 Å². The molecule has 0 aliphatic heterocycles. The van der Waals surface area contributed by atoms with Crippen molar-refractivity contribution in [3.05, 3.63) is 59.7 Å². The second kappa shape index (κ2) is 5.57. The summed E-state index contributed by atoms with van der Waals surface area (Å²) in [6.07, 6.45) is 3.34. The molecule has 1 unspecified atom stereocenters. The van der Waals surface area contributed by atoms with Gasteiger partial charge < -0.3 is 4.74 Å². The first-order valence-electron chi connectivity index (χ1n) is 5.45. The van der Waals surface area contributed by atoms with Gasteiger partial charge >= 0.3 is 0 Å². The van der Waals surface area contributed by atoms with Crippen LogP contribution >= 0.6 is 0 Å². The topological polar surface area (TPSA) is 60.2 Å². The lowest BCUT2D eigenvalue weighted by Gasteiger charge is -2.19. The monoisotopic (exact) mass is 247 g/mol. The number of hydrogen-bond donors (Lipinski definition) is 2. The number of hydrazine groups is 1. The minimum atomic E-state index is -0.371. The first-order chi connectivity index (χ1) is 8.76. The van der Waals surface area contributed by atoms with E-state index in [-0.39, 0.29) is 11.9 Å². The maximum Gasteiger partial charge on any atom is 0.124 e. The molecule has 0 amide bonds. The second-order valence-corrected chi connectivity index (χ2v) is 3.77. The fourth-order valence-electron chi connectivity index (χ4n) is 1.84. The lowest BCUT2D eigenvalue weighted by molar-refractivity contribution is 0.402. The Morgan fingerprint density at radius 3 is 2.83 bits per heavy atom. The molecule has 0 saturated carbocycles. The molecule has 1 aromatic heterocycles. The van der Waals surface area contributed by atoms with Crippen LogP contribution in [0.5, 0.6) is 5.75 Å². The van der Waals surface area contributed by atoms with Crippen LogP contribution in [0.15, 0.2) is 42.7 Å². The summed E-state index contributed by atoms with van der Waals surface area (Å²) in [7, 11) is 1.54. The first kappa shape index (κ1) is 12.5. The van der Waals surface area contributed by atoms with Gasteiger partial charge in [0.1, 0.15) is 11.6 Å². The highest BCUT2D eigenvalue weighted by Crippen LogP contribution is 2.29. The highest BCUT2D eigenvalue weighted by Gasteiger charge is 2.17. The van der Waals surface area contributed by atoms with Crippen molar-refractivity contribution in [3.8, 4) is 5.75 Å². The Bertz CT molecular complexity index is 519. The zero-order chi connectivity index (χ0) is 13.0. The van der Waals surface area contributed by atoms with E-state index in [9.17, 15) is 4.39 Å². The molecule has 0 bridgehead atoms. The summed E-state index contributed by atoms with van der Waals surface area (Å²) in [5.74, 6) is 5.79. The van der Waals surface area contributed by atoms with Crippen molar-refractivity contribution in [3.63, 3.8) is 0 Å². The molecule has 1 heterocycles. The largest absolute Gasteiger partial charge is 0.496 e. The van der Waals surface area contributed by atoms with Crippen molar-refractivity contribution in [2.75, 3.05) is 7.11 Å². The van der Waals surface area contributed by atoms with Gasteiger partial charge in [-0.15, -0.1) is 0 Å².